The van der Waals surface area contributed by atoms with E-state index < -0.39 is 0 Å². The SMILES string of the molecule is CC(C)CCN(CCC(C)C)C(CN)c1cccc(Br)c1. The van der Waals surface area contributed by atoms with Gasteiger partial charge in [-0.05, 0) is 55.5 Å². The van der Waals surface area contributed by atoms with Gasteiger partial charge in [0.05, 0.1) is 0 Å². The maximum atomic E-state index is 6.11. The Balaban J connectivity index is 2.85. The second-order valence-corrected chi connectivity index (χ2v) is 7.62. The predicted molar refractivity (Wildman–Crippen MR) is 96.4 cm³/mol. The van der Waals surface area contributed by atoms with Crippen molar-refractivity contribution in [3.8, 4) is 0 Å². The Morgan fingerprint density at radius 2 is 1.62 bits per heavy atom. The van der Waals surface area contributed by atoms with Crippen LogP contribution >= 0.6 is 15.9 Å². The van der Waals surface area contributed by atoms with Crippen molar-refractivity contribution in [2.24, 2.45) is 17.6 Å². The molecular formula is C18H31BrN2. The van der Waals surface area contributed by atoms with Gasteiger partial charge >= 0.3 is 0 Å². The molecule has 3 heteroatoms. The Morgan fingerprint density at radius 3 is 2.05 bits per heavy atom. The summed E-state index contributed by atoms with van der Waals surface area (Å²) >= 11 is 3.57. The molecule has 21 heavy (non-hydrogen) atoms. The molecule has 0 amide bonds. The summed E-state index contributed by atoms with van der Waals surface area (Å²) in [4.78, 5) is 2.57. The Kier molecular flexibility index (Phi) is 8.53. The highest BCUT2D eigenvalue weighted by Crippen LogP contribution is 2.24. The molecule has 0 aromatic heterocycles. The highest BCUT2D eigenvalue weighted by molar-refractivity contribution is 9.10. The molecule has 0 fully saturated rings. The molecule has 0 radical (unpaired) electrons. The predicted octanol–water partition coefficient (Wildman–Crippen LogP) is 4.84. The lowest BCUT2D eigenvalue weighted by Gasteiger charge is -2.32. The molecule has 1 rings (SSSR count). The third-order valence-electron chi connectivity index (χ3n) is 3.88. The van der Waals surface area contributed by atoms with Crippen molar-refractivity contribution in [1.29, 1.82) is 0 Å². The van der Waals surface area contributed by atoms with E-state index in [2.05, 4.69) is 72.8 Å². The lowest BCUT2D eigenvalue weighted by atomic mass is 10.0. The zero-order valence-corrected chi connectivity index (χ0v) is 15.6. The summed E-state index contributed by atoms with van der Waals surface area (Å²) in [5.74, 6) is 1.46. The second-order valence-electron chi connectivity index (χ2n) is 6.71. The first-order valence-electron chi connectivity index (χ1n) is 8.13. The van der Waals surface area contributed by atoms with Gasteiger partial charge in [-0.3, -0.25) is 4.90 Å². The topological polar surface area (TPSA) is 29.3 Å². The number of halogens is 1. The first-order chi connectivity index (χ1) is 9.93. The van der Waals surface area contributed by atoms with E-state index in [0.29, 0.717) is 12.6 Å². The number of nitrogens with two attached hydrogens (primary N) is 1. The van der Waals surface area contributed by atoms with Crippen LogP contribution in [0.2, 0.25) is 0 Å². The van der Waals surface area contributed by atoms with Crippen LogP contribution in [0.25, 0.3) is 0 Å². The summed E-state index contributed by atoms with van der Waals surface area (Å²) < 4.78 is 1.13. The van der Waals surface area contributed by atoms with Gasteiger partial charge in [0, 0.05) is 17.1 Å². The summed E-state index contributed by atoms with van der Waals surface area (Å²) in [5.41, 5.74) is 7.43. The van der Waals surface area contributed by atoms with Gasteiger partial charge in [-0.25, -0.2) is 0 Å². The number of nitrogens with zero attached hydrogens (tertiary/aromatic N) is 1. The van der Waals surface area contributed by atoms with Crippen molar-refractivity contribution >= 4 is 15.9 Å². The zero-order valence-electron chi connectivity index (χ0n) is 14.0. The average Bonchev–Trinajstić information content (AvgIpc) is 2.41. The highest BCUT2D eigenvalue weighted by Gasteiger charge is 2.19. The Morgan fingerprint density at radius 1 is 1.05 bits per heavy atom. The van der Waals surface area contributed by atoms with E-state index >= 15 is 0 Å². The van der Waals surface area contributed by atoms with E-state index in [-0.39, 0.29) is 0 Å². The van der Waals surface area contributed by atoms with Gasteiger partial charge < -0.3 is 5.73 Å². The van der Waals surface area contributed by atoms with Crippen LogP contribution in [0, 0.1) is 11.8 Å². The van der Waals surface area contributed by atoms with Crippen molar-refractivity contribution in [3.05, 3.63) is 34.3 Å². The first kappa shape index (κ1) is 18.7. The smallest absolute Gasteiger partial charge is 0.0470 e. The van der Waals surface area contributed by atoms with Crippen LogP contribution in [0.15, 0.2) is 28.7 Å². The van der Waals surface area contributed by atoms with Crippen molar-refractivity contribution in [3.63, 3.8) is 0 Å². The molecule has 1 aromatic carbocycles. The molecule has 0 bridgehead atoms. The van der Waals surface area contributed by atoms with E-state index in [9.17, 15) is 0 Å². The van der Waals surface area contributed by atoms with E-state index in [1.54, 1.807) is 0 Å². The third kappa shape index (κ3) is 6.94. The largest absolute Gasteiger partial charge is 0.329 e. The monoisotopic (exact) mass is 354 g/mol. The molecule has 120 valence electrons. The maximum Gasteiger partial charge on any atom is 0.0470 e. The van der Waals surface area contributed by atoms with Crippen LogP contribution in [0.3, 0.4) is 0 Å². The lowest BCUT2D eigenvalue weighted by Crippen LogP contribution is -2.36. The Labute approximate surface area is 139 Å². The van der Waals surface area contributed by atoms with Crippen LogP contribution in [-0.4, -0.2) is 24.5 Å². The van der Waals surface area contributed by atoms with Gasteiger partial charge in [0.1, 0.15) is 0 Å². The van der Waals surface area contributed by atoms with Crippen LogP contribution in [-0.2, 0) is 0 Å². The molecule has 0 aliphatic heterocycles. The van der Waals surface area contributed by atoms with E-state index in [0.717, 1.165) is 29.4 Å². The molecule has 0 spiro atoms. The molecule has 2 nitrogen and oxygen atoms in total. The van der Waals surface area contributed by atoms with Crippen LogP contribution in [0.4, 0.5) is 0 Å². The first-order valence-corrected chi connectivity index (χ1v) is 8.93. The number of hydrogen-bond donors (Lipinski definition) is 1. The number of hydrogen-bond acceptors (Lipinski definition) is 2. The molecule has 1 aromatic rings. The van der Waals surface area contributed by atoms with Crippen LogP contribution in [0.5, 0.6) is 0 Å². The van der Waals surface area contributed by atoms with Gasteiger partial charge in [0.25, 0.3) is 0 Å². The summed E-state index contributed by atoms with van der Waals surface area (Å²) in [6, 6.07) is 8.89. The minimum Gasteiger partial charge on any atom is -0.329 e. The molecule has 1 atom stereocenters. The van der Waals surface area contributed by atoms with Crippen molar-refractivity contribution < 1.29 is 0 Å². The fraction of sp³-hybridized carbons (Fsp3) is 0.667. The van der Waals surface area contributed by atoms with Gasteiger partial charge in [-0.2, -0.15) is 0 Å². The van der Waals surface area contributed by atoms with Gasteiger partial charge in [-0.15, -0.1) is 0 Å². The number of rotatable bonds is 9. The van der Waals surface area contributed by atoms with Crippen molar-refractivity contribution in [2.75, 3.05) is 19.6 Å². The third-order valence-corrected chi connectivity index (χ3v) is 4.38. The van der Waals surface area contributed by atoms with Crippen LogP contribution < -0.4 is 5.73 Å². The van der Waals surface area contributed by atoms with E-state index in [1.807, 2.05) is 0 Å². The maximum absolute atomic E-state index is 6.11. The van der Waals surface area contributed by atoms with Crippen molar-refractivity contribution in [1.82, 2.24) is 4.90 Å². The summed E-state index contributed by atoms with van der Waals surface area (Å²) in [6.07, 6.45) is 2.45. The van der Waals surface area contributed by atoms with Crippen LogP contribution in [0.1, 0.15) is 52.1 Å². The Hall–Kier alpha value is -0.380. The molecule has 0 aliphatic carbocycles. The quantitative estimate of drug-likeness (QED) is 0.687. The summed E-state index contributed by atoms with van der Waals surface area (Å²) in [6.45, 7) is 12.1. The molecule has 2 N–H and O–H groups in total. The van der Waals surface area contributed by atoms with E-state index in [4.69, 9.17) is 5.73 Å². The number of benzene rings is 1. The minimum absolute atomic E-state index is 0.319. The molecular weight excluding hydrogens is 324 g/mol. The molecule has 1 unspecified atom stereocenters. The second kappa shape index (κ2) is 9.60. The molecule has 0 saturated heterocycles. The normalized spacial score (nSPS) is 13.4. The minimum atomic E-state index is 0.319. The van der Waals surface area contributed by atoms with Crippen molar-refractivity contribution in [2.45, 2.75) is 46.6 Å². The standard InChI is InChI=1S/C18H31BrN2/c1-14(2)8-10-21(11-9-15(3)4)18(13-20)16-6-5-7-17(19)12-16/h5-7,12,14-15,18H,8-11,13,20H2,1-4H3. The highest BCUT2D eigenvalue weighted by atomic mass is 79.9. The Bertz CT molecular complexity index is 392. The average molecular weight is 355 g/mol. The van der Waals surface area contributed by atoms with Gasteiger partial charge in [0.15, 0.2) is 0 Å². The molecule has 0 saturated carbocycles. The van der Waals surface area contributed by atoms with Gasteiger partial charge in [0.2, 0.25) is 0 Å². The van der Waals surface area contributed by atoms with E-state index in [1.165, 1.54) is 18.4 Å². The summed E-state index contributed by atoms with van der Waals surface area (Å²) in [7, 11) is 0. The lowest BCUT2D eigenvalue weighted by molar-refractivity contribution is 0.181. The fourth-order valence-corrected chi connectivity index (χ4v) is 2.90. The fourth-order valence-electron chi connectivity index (χ4n) is 2.48. The van der Waals surface area contributed by atoms with Gasteiger partial charge in [-0.1, -0.05) is 55.8 Å². The molecule has 0 aliphatic rings. The zero-order chi connectivity index (χ0) is 15.8. The molecule has 0 heterocycles. The summed E-state index contributed by atoms with van der Waals surface area (Å²) in [5, 5.41) is 0.